The lowest BCUT2D eigenvalue weighted by molar-refractivity contribution is -0.119. The minimum absolute atomic E-state index is 0.0351. The summed E-state index contributed by atoms with van der Waals surface area (Å²) in [4.78, 5) is 11.5. The number of sulfonamides is 1. The van der Waals surface area contributed by atoms with Crippen LogP contribution in [0.1, 0.15) is 32.4 Å². The first-order valence-corrected chi connectivity index (χ1v) is 9.64. The van der Waals surface area contributed by atoms with Crippen molar-refractivity contribution in [2.45, 2.75) is 50.6 Å². The van der Waals surface area contributed by atoms with E-state index in [2.05, 4.69) is 15.5 Å². The van der Waals surface area contributed by atoms with E-state index < -0.39 is 10.0 Å². The average molecular weight is 366 g/mol. The van der Waals surface area contributed by atoms with Gasteiger partial charge in [0.1, 0.15) is 16.3 Å². The molecule has 3 rings (SSSR count). The molecule has 2 aromatic heterocycles. The molecule has 25 heavy (non-hydrogen) atoms. The molecule has 8 nitrogen and oxygen atoms in total. The standard InChI is InChI=1S/C16H22N4O4S/c1-10(2)20(9-12-4-5-16(21)18-12)25(22,23)15-8-14(24-11(15)3)13-6-7-17-19-13/h6-8,10,12H,4-5,9H2,1-3H3,(H,17,19)(H,18,21). The zero-order valence-corrected chi connectivity index (χ0v) is 15.3. The maximum Gasteiger partial charge on any atom is 0.246 e. The van der Waals surface area contributed by atoms with E-state index in [1.807, 2.05) is 13.8 Å². The fraction of sp³-hybridized carbons (Fsp3) is 0.500. The molecule has 0 spiro atoms. The smallest absolute Gasteiger partial charge is 0.246 e. The summed E-state index contributed by atoms with van der Waals surface area (Å²) in [6.45, 7) is 5.51. The highest BCUT2D eigenvalue weighted by molar-refractivity contribution is 7.89. The number of aromatic amines is 1. The molecule has 1 atom stereocenters. The lowest BCUT2D eigenvalue weighted by Gasteiger charge is -2.28. The highest BCUT2D eigenvalue weighted by atomic mass is 32.2. The van der Waals surface area contributed by atoms with Gasteiger partial charge in [0.15, 0.2) is 5.76 Å². The van der Waals surface area contributed by atoms with E-state index in [4.69, 9.17) is 4.42 Å². The summed E-state index contributed by atoms with van der Waals surface area (Å²) in [5.74, 6) is 0.712. The second kappa shape index (κ2) is 6.64. The van der Waals surface area contributed by atoms with E-state index in [9.17, 15) is 13.2 Å². The molecule has 1 unspecified atom stereocenters. The third-order valence-corrected chi connectivity index (χ3v) is 6.44. The quantitative estimate of drug-likeness (QED) is 0.808. The number of furan rings is 1. The lowest BCUT2D eigenvalue weighted by Crippen LogP contribution is -2.45. The molecular weight excluding hydrogens is 344 g/mol. The lowest BCUT2D eigenvalue weighted by atomic mass is 10.2. The molecule has 1 amide bonds. The molecule has 1 fully saturated rings. The monoisotopic (exact) mass is 366 g/mol. The third-order valence-electron chi connectivity index (χ3n) is 4.29. The molecule has 0 bridgehead atoms. The zero-order valence-electron chi connectivity index (χ0n) is 14.4. The van der Waals surface area contributed by atoms with Gasteiger partial charge in [-0.25, -0.2) is 8.42 Å². The number of amides is 1. The number of hydrogen-bond donors (Lipinski definition) is 2. The Labute approximate surface area is 146 Å². The molecule has 1 saturated heterocycles. The first-order valence-electron chi connectivity index (χ1n) is 8.20. The van der Waals surface area contributed by atoms with Crippen LogP contribution in [-0.2, 0) is 14.8 Å². The molecule has 0 radical (unpaired) electrons. The molecule has 1 aliphatic rings. The Hall–Kier alpha value is -2.13. The number of rotatable bonds is 6. The Bertz CT molecular complexity index is 855. The van der Waals surface area contributed by atoms with Crippen molar-refractivity contribution >= 4 is 15.9 Å². The van der Waals surface area contributed by atoms with Crippen molar-refractivity contribution in [1.82, 2.24) is 19.8 Å². The van der Waals surface area contributed by atoms with Crippen LogP contribution in [0.15, 0.2) is 27.6 Å². The average Bonchev–Trinajstić information content (AvgIpc) is 3.24. The predicted octanol–water partition coefficient (Wildman–Crippen LogP) is 1.66. The van der Waals surface area contributed by atoms with Gasteiger partial charge in [0.05, 0.1) is 0 Å². The normalized spacial score (nSPS) is 18.3. The summed E-state index contributed by atoms with van der Waals surface area (Å²) in [6.07, 6.45) is 2.65. The van der Waals surface area contributed by atoms with Crippen LogP contribution in [0.4, 0.5) is 0 Å². The molecule has 1 aliphatic heterocycles. The van der Waals surface area contributed by atoms with Gasteiger partial charge in [0.2, 0.25) is 15.9 Å². The van der Waals surface area contributed by atoms with Gasteiger partial charge in [0, 0.05) is 37.3 Å². The summed E-state index contributed by atoms with van der Waals surface area (Å²) < 4.78 is 33.4. The number of carbonyl (C=O) groups excluding carboxylic acids is 1. The van der Waals surface area contributed by atoms with Crippen molar-refractivity contribution < 1.29 is 17.6 Å². The fourth-order valence-corrected chi connectivity index (χ4v) is 4.84. The highest BCUT2D eigenvalue weighted by Crippen LogP contribution is 2.30. The Morgan fingerprint density at radius 1 is 1.44 bits per heavy atom. The summed E-state index contributed by atoms with van der Waals surface area (Å²) >= 11 is 0. The molecule has 9 heteroatoms. The van der Waals surface area contributed by atoms with Crippen LogP contribution in [0.5, 0.6) is 0 Å². The summed E-state index contributed by atoms with van der Waals surface area (Å²) in [6, 6.07) is 2.82. The van der Waals surface area contributed by atoms with E-state index in [0.29, 0.717) is 30.1 Å². The van der Waals surface area contributed by atoms with Gasteiger partial charge in [0.25, 0.3) is 0 Å². The Balaban J connectivity index is 1.91. The number of H-pyrrole nitrogens is 1. The van der Waals surface area contributed by atoms with Gasteiger partial charge >= 0.3 is 0 Å². The molecule has 3 heterocycles. The zero-order chi connectivity index (χ0) is 18.2. The molecule has 2 N–H and O–H groups in total. The molecular formula is C16H22N4O4S. The van der Waals surface area contributed by atoms with Gasteiger partial charge < -0.3 is 9.73 Å². The number of aryl methyl sites for hydroxylation is 1. The van der Waals surface area contributed by atoms with E-state index in [1.165, 1.54) is 10.4 Å². The van der Waals surface area contributed by atoms with Crippen LogP contribution >= 0.6 is 0 Å². The van der Waals surface area contributed by atoms with E-state index in [1.54, 1.807) is 19.2 Å². The summed E-state index contributed by atoms with van der Waals surface area (Å²) in [7, 11) is -3.75. The van der Waals surface area contributed by atoms with Crippen molar-refractivity contribution in [3.8, 4) is 11.5 Å². The topological polar surface area (TPSA) is 108 Å². The van der Waals surface area contributed by atoms with Crippen LogP contribution in [-0.4, -0.2) is 47.5 Å². The van der Waals surface area contributed by atoms with E-state index >= 15 is 0 Å². The minimum Gasteiger partial charge on any atom is -0.458 e. The third kappa shape index (κ3) is 3.47. The molecule has 0 aromatic carbocycles. The molecule has 0 saturated carbocycles. The number of hydrogen-bond acceptors (Lipinski definition) is 5. The Morgan fingerprint density at radius 2 is 2.20 bits per heavy atom. The molecule has 136 valence electrons. The maximum absolute atomic E-state index is 13.2. The van der Waals surface area contributed by atoms with Crippen molar-refractivity contribution in [3.63, 3.8) is 0 Å². The van der Waals surface area contributed by atoms with Crippen LogP contribution in [0.2, 0.25) is 0 Å². The first kappa shape index (κ1) is 17.7. The minimum atomic E-state index is -3.75. The van der Waals surface area contributed by atoms with Gasteiger partial charge in [-0.15, -0.1) is 0 Å². The predicted molar refractivity (Wildman–Crippen MR) is 91.2 cm³/mol. The fourth-order valence-electron chi connectivity index (χ4n) is 2.99. The number of nitrogens with one attached hydrogen (secondary N) is 2. The Kier molecular flexibility index (Phi) is 4.70. The van der Waals surface area contributed by atoms with E-state index in [0.717, 1.165) is 0 Å². The summed E-state index contributed by atoms with van der Waals surface area (Å²) in [5, 5.41) is 9.44. The van der Waals surface area contributed by atoms with Gasteiger partial charge in [-0.2, -0.15) is 9.40 Å². The second-order valence-corrected chi connectivity index (χ2v) is 8.33. The van der Waals surface area contributed by atoms with Crippen LogP contribution in [0.25, 0.3) is 11.5 Å². The number of nitrogens with zero attached hydrogens (tertiary/aromatic N) is 2. The van der Waals surface area contributed by atoms with Crippen LogP contribution in [0.3, 0.4) is 0 Å². The van der Waals surface area contributed by atoms with Crippen LogP contribution < -0.4 is 5.32 Å². The number of aromatic nitrogens is 2. The summed E-state index contributed by atoms with van der Waals surface area (Å²) in [5.41, 5.74) is 0.615. The van der Waals surface area contributed by atoms with Crippen molar-refractivity contribution in [1.29, 1.82) is 0 Å². The maximum atomic E-state index is 13.2. The van der Waals surface area contributed by atoms with Gasteiger partial charge in [-0.1, -0.05) is 0 Å². The SMILES string of the molecule is Cc1oc(-c2ccn[nH]2)cc1S(=O)(=O)N(CC1CCC(=O)N1)C(C)C. The first-order chi connectivity index (χ1) is 11.8. The molecule has 0 aliphatic carbocycles. The van der Waals surface area contributed by atoms with E-state index in [-0.39, 0.29) is 29.4 Å². The number of carbonyl (C=O) groups is 1. The van der Waals surface area contributed by atoms with Crippen molar-refractivity contribution in [2.75, 3.05) is 6.54 Å². The molecule has 2 aromatic rings. The van der Waals surface area contributed by atoms with Crippen molar-refractivity contribution in [2.24, 2.45) is 0 Å². The van der Waals surface area contributed by atoms with Crippen molar-refractivity contribution in [3.05, 3.63) is 24.1 Å². The van der Waals surface area contributed by atoms with Crippen LogP contribution in [0, 0.1) is 6.92 Å². The second-order valence-electron chi connectivity index (χ2n) is 6.47. The van der Waals surface area contributed by atoms with Gasteiger partial charge in [-0.05, 0) is 33.3 Å². The largest absolute Gasteiger partial charge is 0.458 e. The Morgan fingerprint density at radius 3 is 2.76 bits per heavy atom. The highest BCUT2D eigenvalue weighted by Gasteiger charge is 2.34. The van der Waals surface area contributed by atoms with Gasteiger partial charge in [-0.3, -0.25) is 9.89 Å².